The van der Waals surface area contributed by atoms with Crippen molar-refractivity contribution in [2.45, 2.75) is 19.5 Å². The number of aryl methyl sites for hydroxylation is 1. The Labute approximate surface area is 143 Å². The minimum absolute atomic E-state index is 0.0436. The number of aromatic amines is 1. The first kappa shape index (κ1) is 15.6. The Balaban J connectivity index is 1.54. The van der Waals surface area contributed by atoms with Gasteiger partial charge in [-0.15, -0.1) is 0 Å². The lowest BCUT2D eigenvalue weighted by Crippen LogP contribution is -2.30. The second-order valence-electron chi connectivity index (χ2n) is 7.38. The number of benzene rings is 1. The van der Waals surface area contributed by atoms with Gasteiger partial charge in [0.25, 0.3) is 5.56 Å². The van der Waals surface area contributed by atoms with Crippen LogP contribution < -0.4 is 5.56 Å². The molecule has 24 heavy (non-hydrogen) atoms. The Bertz CT molecular complexity index is 784. The number of likely N-dealkylation sites (tertiary alicyclic amines) is 2. The van der Waals surface area contributed by atoms with Gasteiger partial charge in [0.05, 0.1) is 0 Å². The summed E-state index contributed by atoms with van der Waals surface area (Å²) in [6.07, 6.45) is 1.70. The number of nitrogens with one attached hydrogen (secondary N) is 1. The summed E-state index contributed by atoms with van der Waals surface area (Å²) in [5, 5.41) is 0. The average Bonchev–Trinajstić information content (AvgIpc) is 3.06. The quantitative estimate of drug-likeness (QED) is 0.943. The third-order valence-electron chi connectivity index (χ3n) is 5.77. The summed E-state index contributed by atoms with van der Waals surface area (Å²) in [5.41, 5.74) is 3.76. The monoisotopic (exact) mass is 323 g/mol. The maximum atomic E-state index is 11.9. The molecule has 0 saturated carbocycles. The summed E-state index contributed by atoms with van der Waals surface area (Å²) in [6.45, 7) is 6.28. The number of aromatic nitrogens is 1. The van der Waals surface area contributed by atoms with Gasteiger partial charge in [0.2, 0.25) is 0 Å². The number of rotatable bonds is 3. The molecule has 2 aliphatic heterocycles. The van der Waals surface area contributed by atoms with E-state index < -0.39 is 0 Å². The van der Waals surface area contributed by atoms with Crippen LogP contribution in [-0.4, -0.2) is 41.5 Å². The highest BCUT2D eigenvalue weighted by Gasteiger charge is 2.46. The van der Waals surface area contributed by atoms with Gasteiger partial charge in [-0.3, -0.25) is 14.6 Å². The molecule has 2 saturated heterocycles. The Hall–Kier alpha value is -1.91. The van der Waals surface area contributed by atoms with Gasteiger partial charge in [0.1, 0.15) is 0 Å². The molecule has 1 aromatic carbocycles. The summed E-state index contributed by atoms with van der Waals surface area (Å²) < 4.78 is 0. The van der Waals surface area contributed by atoms with Gasteiger partial charge >= 0.3 is 0 Å². The van der Waals surface area contributed by atoms with E-state index in [1.54, 1.807) is 6.20 Å². The minimum Gasteiger partial charge on any atom is -0.329 e. The fourth-order valence-electron chi connectivity index (χ4n) is 4.69. The molecule has 1 aromatic heterocycles. The summed E-state index contributed by atoms with van der Waals surface area (Å²) in [7, 11) is 2.25. The lowest BCUT2D eigenvalue weighted by Gasteiger charge is -2.28. The highest BCUT2D eigenvalue weighted by atomic mass is 16.1. The number of pyridine rings is 1. The SMILES string of the molecule is Cc1ccccc1[C@@H]1[C@@H]2CN(Cc3ccc[nH]c3=O)C[C@@H]2CN1C. The zero-order valence-electron chi connectivity index (χ0n) is 14.4. The lowest BCUT2D eigenvalue weighted by atomic mass is 9.88. The van der Waals surface area contributed by atoms with E-state index in [2.05, 4.69) is 53.0 Å². The Morgan fingerprint density at radius 3 is 2.75 bits per heavy atom. The van der Waals surface area contributed by atoms with E-state index in [0.29, 0.717) is 17.9 Å². The van der Waals surface area contributed by atoms with Gasteiger partial charge in [-0.05, 0) is 43.0 Å². The van der Waals surface area contributed by atoms with Crippen LogP contribution in [0.3, 0.4) is 0 Å². The molecular formula is C20H25N3O. The third-order valence-corrected chi connectivity index (χ3v) is 5.77. The van der Waals surface area contributed by atoms with E-state index >= 15 is 0 Å². The van der Waals surface area contributed by atoms with E-state index in [-0.39, 0.29) is 5.56 Å². The smallest absolute Gasteiger partial charge is 0.252 e. The van der Waals surface area contributed by atoms with Crippen LogP contribution >= 0.6 is 0 Å². The second-order valence-corrected chi connectivity index (χ2v) is 7.38. The van der Waals surface area contributed by atoms with Crippen molar-refractivity contribution in [1.82, 2.24) is 14.8 Å². The predicted molar refractivity (Wildman–Crippen MR) is 95.9 cm³/mol. The second kappa shape index (κ2) is 6.19. The molecule has 126 valence electrons. The first-order chi connectivity index (χ1) is 11.6. The highest BCUT2D eigenvalue weighted by molar-refractivity contribution is 5.31. The van der Waals surface area contributed by atoms with Crippen LogP contribution in [-0.2, 0) is 6.54 Å². The summed E-state index contributed by atoms with van der Waals surface area (Å²) in [5.74, 6) is 1.35. The minimum atomic E-state index is 0.0436. The normalized spacial score (nSPS) is 27.5. The number of hydrogen-bond acceptors (Lipinski definition) is 3. The zero-order chi connectivity index (χ0) is 16.7. The molecule has 1 N–H and O–H groups in total. The van der Waals surface area contributed by atoms with Gasteiger partial charge in [-0.1, -0.05) is 30.3 Å². The summed E-state index contributed by atoms with van der Waals surface area (Å²) in [6, 6.07) is 13.1. The van der Waals surface area contributed by atoms with Crippen molar-refractivity contribution in [3.05, 3.63) is 69.6 Å². The molecule has 0 spiro atoms. The average molecular weight is 323 g/mol. The van der Waals surface area contributed by atoms with Crippen molar-refractivity contribution in [3.8, 4) is 0 Å². The molecule has 2 aliphatic rings. The first-order valence-electron chi connectivity index (χ1n) is 8.78. The first-order valence-corrected chi connectivity index (χ1v) is 8.78. The standard InChI is InChI=1S/C20H25N3O/c1-14-6-3-4-8-17(14)19-18-13-23(12-16(18)10-22(19)2)11-15-7-5-9-21-20(15)24/h3-9,16,18-19H,10-13H2,1-2H3,(H,21,24)/t16-,18+,19+/m0/s1. The molecule has 4 rings (SSSR count). The summed E-state index contributed by atoms with van der Waals surface area (Å²) >= 11 is 0. The van der Waals surface area contributed by atoms with Crippen LogP contribution in [0.25, 0.3) is 0 Å². The zero-order valence-corrected chi connectivity index (χ0v) is 14.4. The Kier molecular flexibility index (Phi) is 4.02. The van der Waals surface area contributed by atoms with Crippen LogP contribution in [0.1, 0.15) is 22.7 Å². The fourth-order valence-corrected chi connectivity index (χ4v) is 4.69. The van der Waals surface area contributed by atoms with E-state index in [1.807, 2.05) is 12.1 Å². The summed E-state index contributed by atoms with van der Waals surface area (Å²) in [4.78, 5) is 19.7. The van der Waals surface area contributed by atoms with Crippen molar-refractivity contribution in [3.63, 3.8) is 0 Å². The van der Waals surface area contributed by atoms with Crippen LogP contribution in [0.15, 0.2) is 47.4 Å². The van der Waals surface area contributed by atoms with Crippen molar-refractivity contribution in [2.75, 3.05) is 26.7 Å². The van der Waals surface area contributed by atoms with Crippen LogP contribution in [0.5, 0.6) is 0 Å². The highest BCUT2D eigenvalue weighted by Crippen LogP contribution is 2.44. The molecule has 0 amide bonds. The topological polar surface area (TPSA) is 39.3 Å². The predicted octanol–water partition coefficient (Wildman–Crippen LogP) is 2.42. The molecule has 2 aromatic rings. The maximum Gasteiger partial charge on any atom is 0.252 e. The van der Waals surface area contributed by atoms with Gasteiger partial charge in [-0.2, -0.15) is 0 Å². The van der Waals surface area contributed by atoms with Crippen molar-refractivity contribution < 1.29 is 0 Å². The number of H-pyrrole nitrogens is 1. The van der Waals surface area contributed by atoms with Gasteiger partial charge in [0.15, 0.2) is 0 Å². The molecule has 3 atom stereocenters. The maximum absolute atomic E-state index is 11.9. The number of nitrogens with zero attached hydrogens (tertiary/aromatic N) is 2. The fraction of sp³-hybridized carbons (Fsp3) is 0.450. The molecule has 0 unspecified atom stereocenters. The molecule has 0 aliphatic carbocycles. The lowest BCUT2D eigenvalue weighted by molar-refractivity contribution is 0.223. The third kappa shape index (κ3) is 2.70. The molecule has 4 heteroatoms. The van der Waals surface area contributed by atoms with Crippen molar-refractivity contribution in [1.29, 1.82) is 0 Å². The van der Waals surface area contributed by atoms with Gasteiger partial charge in [-0.25, -0.2) is 0 Å². The Morgan fingerprint density at radius 2 is 1.96 bits per heavy atom. The van der Waals surface area contributed by atoms with E-state index in [9.17, 15) is 4.79 Å². The molecule has 4 nitrogen and oxygen atoms in total. The van der Waals surface area contributed by atoms with Crippen LogP contribution in [0.2, 0.25) is 0 Å². The Morgan fingerprint density at radius 1 is 1.12 bits per heavy atom. The largest absolute Gasteiger partial charge is 0.329 e. The molecule has 0 bridgehead atoms. The van der Waals surface area contributed by atoms with Crippen LogP contribution in [0.4, 0.5) is 0 Å². The molecule has 0 radical (unpaired) electrons. The van der Waals surface area contributed by atoms with Gasteiger partial charge < -0.3 is 4.98 Å². The molecular weight excluding hydrogens is 298 g/mol. The number of hydrogen-bond donors (Lipinski definition) is 1. The van der Waals surface area contributed by atoms with E-state index in [0.717, 1.165) is 31.7 Å². The molecule has 3 heterocycles. The van der Waals surface area contributed by atoms with Crippen molar-refractivity contribution >= 4 is 0 Å². The molecule has 2 fully saturated rings. The number of fused-ring (bicyclic) bond motifs is 1. The van der Waals surface area contributed by atoms with E-state index in [4.69, 9.17) is 0 Å². The van der Waals surface area contributed by atoms with Crippen LogP contribution in [0, 0.1) is 18.8 Å². The van der Waals surface area contributed by atoms with Crippen molar-refractivity contribution in [2.24, 2.45) is 11.8 Å². The van der Waals surface area contributed by atoms with Gasteiger partial charge in [0, 0.05) is 44.0 Å². The van der Waals surface area contributed by atoms with E-state index in [1.165, 1.54) is 11.1 Å².